The predicted molar refractivity (Wildman–Crippen MR) is 169 cm³/mol. The number of hydrogen-bond acceptors (Lipinski definition) is 9. The molecule has 1 saturated heterocycles. The molecule has 0 radical (unpaired) electrons. The van der Waals surface area contributed by atoms with Crippen molar-refractivity contribution in [2.24, 2.45) is 0 Å². The fraction of sp³-hybridized carbons (Fsp3) is 0.394. The average molecular weight is 632 g/mol. The van der Waals surface area contributed by atoms with Crippen molar-refractivity contribution in [1.82, 2.24) is 20.5 Å². The Labute approximate surface area is 265 Å². The lowest BCUT2D eigenvalue weighted by molar-refractivity contribution is -0.0454. The van der Waals surface area contributed by atoms with Crippen LogP contribution in [0.1, 0.15) is 77.5 Å². The summed E-state index contributed by atoms with van der Waals surface area (Å²) in [6.45, 7) is 7.02. The molecule has 2 atom stereocenters. The number of ether oxygens (including phenoxy) is 4. The van der Waals surface area contributed by atoms with E-state index in [4.69, 9.17) is 23.9 Å². The van der Waals surface area contributed by atoms with Gasteiger partial charge in [0, 0.05) is 34.2 Å². The first-order valence-electron chi connectivity index (χ1n) is 15.2. The molecule has 6 rings (SSSR count). The molecule has 236 valence electrons. The minimum absolute atomic E-state index is 0.0207. The Balaban J connectivity index is 1.15. The van der Waals surface area contributed by atoms with Gasteiger partial charge < -0.3 is 29.6 Å². The van der Waals surface area contributed by atoms with Gasteiger partial charge in [-0.05, 0) is 51.7 Å². The number of nitrogens with one attached hydrogen (secondary N) is 3. The van der Waals surface area contributed by atoms with Gasteiger partial charge >= 0.3 is 6.09 Å². The molecule has 11 nitrogen and oxygen atoms in total. The van der Waals surface area contributed by atoms with Crippen LogP contribution in [0, 0.1) is 6.92 Å². The van der Waals surface area contributed by atoms with E-state index in [2.05, 4.69) is 20.8 Å². The van der Waals surface area contributed by atoms with Gasteiger partial charge in [-0.3, -0.25) is 9.89 Å². The first-order valence-corrected chi connectivity index (χ1v) is 16.0. The summed E-state index contributed by atoms with van der Waals surface area (Å²) in [5.41, 5.74) is 3.80. The number of aromatic amines is 1. The van der Waals surface area contributed by atoms with Crippen molar-refractivity contribution in [2.75, 3.05) is 18.5 Å². The van der Waals surface area contributed by atoms with Crippen LogP contribution in [0.3, 0.4) is 0 Å². The maximum atomic E-state index is 13.4. The second-order valence-electron chi connectivity index (χ2n) is 11.5. The number of nitrogens with zero attached hydrogens (tertiary/aromatic N) is 2. The van der Waals surface area contributed by atoms with Crippen LogP contribution in [0.4, 0.5) is 10.6 Å². The Morgan fingerprint density at radius 1 is 1.09 bits per heavy atom. The highest BCUT2D eigenvalue weighted by molar-refractivity contribution is 7.15. The Morgan fingerprint density at radius 3 is 2.67 bits per heavy atom. The van der Waals surface area contributed by atoms with Gasteiger partial charge in [0.2, 0.25) is 0 Å². The zero-order valence-electron chi connectivity index (χ0n) is 25.5. The molecule has 3 heterocycles. The van der Waals surface area contributed by atoms with E-state index < -0.39 is 12.4 Å². The molecular formula is C33H37N5O6S. The molecule has 2 fully saturated rings. The number of amides is 2. The first kappa shape index (κ1) is 30.8. The van der Waals surface area contributed by atoms with E-state index in [0.717, 1.165) is 40.1 Å². The number of carbonyl (C=O) groups excluding carboxylic acids is 2. The Hall–Kier alpha value is -4.26. The molecule has 1 aliphatic heterocycles. The van der Waals surface area contributed by atoms with E-state index >= 15 is 0 Å². The number of alkyl carbamates (subject to hydrolysis) is 1. The van der Waals surface area contributed by atoms with Crippen LogP contribution >= 0.6 is 11.3 Å². The van der Waals surface area contributed by atoms with Crippen molar-refractivity contribution in [3.05, 3.63) is 82.0 Å². The van der Waals surface area contributed by atoms with Gasteiger partial charge in [0.15, 0.2) is 12.1 Å². The van der Waals surface area contributed by atoms with Crippen LogP contribution < -0.4 is 15.4 Å². The van der Waals surface area contributed by atoms with Gasteiger partial charge in [0.05, 0.1) is 18.8 Å². The van der Waals surface area contributed by atoms with Gasteiger partial charge in [0.25, 0.3) is 5.91 Å². The highest BCUT2D eigenvalue weighted by Crippen LogP contribution is 2.41. The number of H-pyrrole nitrogens is 1. The van der Waals surface area contributed by atoms with Crippen molar-refractivity contribution in [1.29, 1.82) is 0 Å². The summed E-state index contributed by atoms with van der Waals surface area (Å²) in [5.74, 6) is 0.863. The number of carbonyl (C=O) groups is 2. The number of hydrogen-bond donors (Lipinski definition) is 3. The van der Waals surface area contributed by atoms with Gasteiger partial charge in [0.1, 0.15) is 29.2 Å². The number of anilines is 1. The molecule has 2 aromatic carbocycles. The van der Waals surface area contributed by atoms with Gasteiger partial charge in [-0.25, -0.2) is 9.78 Å². The largest absolute Gasteiger partial charge is 0.488 e. The topological polar surface area (TPSA) is 137 Å². The molecule has 0 bridgehead atoms. The maximum absolute atomic E-state index is 13.4. The van der Waals surface area contributed by atoms with Crippen molar-refractivity contribution in [3.63, 3.8) is 0 Å². The minimum Gasteiger partial charge on any atom is -0.488 e. The summed E-state index contributed by atoms with van der Waals surface area (Å²) in [6.07, 6.45) is 1.18. The molecule has 2 aromatic heterocycles. The summed E-state index contributed by atoms with van der Waals surface area (Å²) >= 11 is 1.42. The Morgan fingerprint density at radius 2 is 1.89 bits per heavy atom. The third-order valence-corrected chi connectivity index (χ3v) is 8.75. The third kappa shape index (κ3) is 7.35. The number of thiazole rings is 1. The average Bonchev–Trinajstić information content (AvgIpc) is 3.84. The fourth-order valence-corrected chi connectivity index (χ4v) is 6.57. The molecule has 1 saturated carbocycles. The van der Waals surface area contributed by atoms with Gasteiger partial charge in [-0.1, -0.05) is 42.5 Å². The first-order chi connectivity index (χ1) is 21.8. The standard InChI is InChI=1S/C33H37N5O6S/c1-19(2)34-33(40)44-23-13-12-22(16-23)25-17-27(38-37-25)35-30(39)29-20(3)45-31(36-29)24-10-7-11-26(28(24)32-41-14-15-42-32)43-18-21-8-5-4-6-9-21/h4-11,17,19,22-23,32H,12-16,18H2,1-3H3,(H,34,40)(H2,35,37,38,39)/t22-,23+/m0/s1. The van der Waals surface area contributed by atoms with Crippen LogP contribution in [0.5, 0.6) is 5.75 Å². The molecule has 0 spiro atoms. The predicted octanol–water partition coefficient (Wildman–Crippen LogP) is 6.49. The normalized spacial score (nSPS) is 18.3. The van der Waals surface area contributed by atoms with Crippen LogP contribution in [0.25, 0.3) is 10.6 Å². The van der Waals surface area contributed by atoms with Gasteiger partial charge in [-0.15, -0.1) is 11.3 Å². The molecular weight excluding hydrogens is 594 g/mol. The second kappa shape index (κ2) is 13.8. The third-order valence-electron chi connectivity index (χ3n) is 7.75. The number of aryl methyl sites for hydroxylation is 1. The van der Waals surface area contributed by atoms with Crippen LogP contribution in [0.2, 0.25) is 0 Å². The summed E-state index contributed by atoms with van der Waals surface area (Å²) in [4.78, 5) is 30.9. The minimum atomic E-state index is -0.596. The fourth-order valence-electron chi connectivity index (χ4n) is 5.62. The molecule has 12 heteroatoms. The SMILES string of the molecule is Cc1sc(-c2cccc(OCc3ccccc3)c2C2OCCO2)nc1C(=O)Nc1cc([C@H]2CC[C@@H](OC(=O)NC(C)C)C2)[nH]n1. The van der Waals surface area contributed by atoms with Crippen LogP contribution in [-0.4, -0.2) is 52.5 Å². The van der Waals surface area contributed by atoms with Crippen molar-refractivity contribution >= 4 is 29.2 Å². The molecule has 2 aliphatic rings. The second-order valence-corrected chi connectivity index (χ2v) is 12.7. The number of rotatable bonds is 10. The molecule has 1 aliphatic carbocycles. The summed E-state index contributed by atoms with van der Waals surface area (Å²) < 4.78 is 23.6. The van der Waals surface area contributed by atoms with Crippen molar-refractivity contribution in [3.8, 4) is 16.3 Å². The zero-order valence-corrected chi connectivity index (χ0v) is 26.3. The maximum Gasteiger partial charge on any atom is 0.407 e. The van der Waals surface area contributed by atoms with E-state index in [-0.39, 0.29) is 24.0 Å². The molecule has 2 amide bonds. The molecule has 45 heavy (non-hydrogen) atoms. The monoisotopic (exact) mass is 631 g/mol. The summed E-state index contributed by atoms with van der Waals surface area (Å²) in [7, 11) is 0. The van der Waals surface area contributed by atoms with E-state index in [0.29, 0.717) is 48.5 Å². The Kier molecular flexibility index (Phi) is 9.43. The van der Waals surface area contributed by atoms with E-state index in [9.17, 15) is 9.59 Å². The lowest BCUT2D eigenvalue weighted by Gasteiger charge is -2.18. The van der Waals surface area contributed by atoms with Gasteiger partial charge in [-0.2, -0.15) is 5.10 Å². The lowest BCUT2D eigenvalue weighted by Crippen LogP contribution is -2.33. The molecule has 4 aromatic rings. The smallest absolute Gasteiger partial charge is 0.407 e. The highest BCUT2D eigenvalue weighted by atomic mass is 32.1. The molecule has 0 unspecified atom stereocenters. The highest BCUT2D eigenvalue weighted by Gasteiger charge is 2.31. The quantitative estimate of drug-likeness (QED) is 0.181. The van der Waals surface area contributed by atoms with Crippen LogP contribution in [0.15, 0.2) is 54.6 Å². The van der Waals surface area contributed by atoms with Crippen molar-refractivity contribution < 1.29 is 28.5 Å². The van der Waals surface area contributed by atoms with Crippen molar-refractivity contribution in [2.45, 2.75) is 71.0 Å². The number of benzene rings is 2. The van der Waals surface area contributed by atoms with E-state index in [1.807, 2.05) is 75.4 Å². The lowest BCUT2D eigenvalue weighted by atomic mass is 10.0. The van der Waals surface area contributed by atoms with Crippen LogP contribution in [-0.2, 0) is 20.8 Å². The Bertz CT molecular complexity index is 1630. The molecule has 3 N–H and O–H groups in total. The number of aromatic nitrogens is 3. The zero-order chi connectivity index (χ0) is 31.3. The summed E-state index contributed by atoms with van der Waals surface area (Å²) in [5, 5.41) is 13.7. The summed E-state index contributed by atoms with van der Waals surface area (Å²) in [6, 6.07) is 17.6. The van der Waals surface area contributed by atoms with E-state index in [1.165, 1.54) is 11.3 Å². The van der Waals surface area contributed by atoms with E-state index in [1.54, 1.807) is 0 Å².